The number of hydrogen-bond donors (Lipinski definition) is 0. The molecule has 0 spiro atoms. The van der Waals surface area contributed by atoms with Crippen molar-refractivity contribution in [1.82, 2.24) is 0 Å². The maximum Gasteiger partial charge on any atom is -0.00454 e. The zero-order chi connectivity index (χ0) is 7.56. The van der Waals surface area contributed by atoms with Crippen molar-refractivity contribution >= 4 is 0 Å². The molecule has 56 valence electrons. The average molecular weight is 136 g/mol. The summed E-state index contributed by atoms with van der Waals surface area (Å²) in [6.45, 7) is 6.56. The van der Waals surface area contributed by atoms with Gasteiger partial charge in [0, 0.05) is 0 Å². The van der Waals surface area contributed by atoms with Crippen molar-refractivity contribution in [3.8, 4) is 0 Å². The molecule has 0 saturated heterocycles. The Balaban J connectivity index is 2.54. The molecule has 0 amide bonds. The summed E-state index contributed by atoms with van der Waals surface area (Å²) in [6.07, 6.45) is 7.37. The van der Waals surface area contributed by atoms with Crippen LogP contribution in [0, 0.1) is 5.92 Å². The van der Waals surface area contributed by atoms with E-state index in [0.717, 1.165) is 5.92 Å². The van der Waals surface area contributed by atoms with Gasteiger partial charge in [0.05, 0.1) is 0 Å². The molecule has 0 bridgehead atoms. The van der Waals surface area contributed by atoms with E-state index in [-0.39, 0.29) is 0 Å². The first-order valence-electron chi connectivity index (χ1n) is 4.01. The van der Waals surface area contributed by atoms with Gasteiger partial charge in [-0.2, -0.15) is 0 Å². The first kappa shape index (κ1) is 7.59. The Hall–Kier alpha value is -0.520. The molecular weight excluding hydrogens is 120 g/mol. The standard InChI is InChI=1S/C10H16/c1-8(2)6-10-5-4-9(3)7-10/h6-7,10H,4-5H2,1-3H3. The lowest BCUT2D eigenvalue weighted by Crippen LogP contribution is -1.84. The molecule has 0 heteroatoms. The SMILES string of the molecule is CC(C)=CC1C=C(C)CC1. The third-order valence-corrected chi connectivity index (χ3v) is 1.92. The fourth-order valence-electron chi connectivity index (χ4n) is 1.49. The lowest BCUT2D eigenvalue weighted by Gasteiger charge is -1.98. The molecule has 0 saturated carbocycles. The normalized spacial score (nSPS) is 24.3. The number of allylic oxidation sites excluding steroid dienone is 4. The molecule has 0 aliphatic heterocycles. The summed E-state index contributed by atoms with van der Waals surface area (Å²) >= 11 is 0. The Kier molecular flexibility index (Phi) is 2.31. The largest absolute Gasteiger partial charge is 0.0798 e. The van der Waals surface area contributed by atoms with Gasteiger partial charge in [0.15, 0.2) is 0 Å². The Morgan fingerprint density at radius 2 is 2.30 bits per heavy atom. The molecule has 1 unspecified atom stereocenters. The van der Waals surface area contributed by atoms with E-state index < -0.39 is 0 Å². The summed E-state index contributed by atoms with van der Waals surface area (Å²) in [5, 5.41) is 0. The molecule has 0 nitrogen and oxygen atoms in total. The summed E-state index contributed by atoms with van der Waals surface area (Å²) < 4.78 is 0. The van der Waals surface area contributed by atoms with Gasteiger partial charge < -0.3 is 0 Å². The van der Waals surface area contributed by atoms with E-state index in [0.29, 0.717) is 0 Å². The Morgan fingerprint density at radius 1 is 1.60 bits per heavy atom. The molecule has 1 aliphatic carbocycles. The van der Waals surface area contributed by atoms with Gasteiger partial charge in [-0.05, 0) is 39.5 Å². The summed E-state index contributed by atoms with van der Waals surface area (Å²) in [5.41, 5.74) is 3.00. The van der Waals surface area contributed by atoms with Crippen molar-refractivity contribution in [2.75, 3.05) is 0 Å². The zero-order valence-electron chi connectivity index (χ0n) is 7.15. The van der Waals surface area contributed by atoms with Gasteiger partial charge in [0.2, 0.25) is 0 Å². The van der Waals surface area contributed by atoms with E-state index in [2.05, 4.69) is 32.9 Å². The van der Waals surface area contributed by atoms with Crippen LogP contribution >= 0.6 is 0 Å². The van der Waals surface area contributed by atoms with Gasteiger partial charge in [-0.1, -0.05) is 23.3 Å². The monoisotopic (exact) mass is 136 g/mol. The minimum absolute atomic E-state index is 0.741. The van der Waals surface area contributed by atoms with Crippen molar-refractivity contribution < 1.29 is 0 Å². The Bertz CT molecular complexity index is 168. The van der Waals surface area contributed by atoms with Crippen molar-refractivity contribution in [3.05, 3.63) is 23.3 Å². The molecular formula is C10H16. The molecule has 1 aliphatic rings. The van der Waals surface area contributed by atoms with Crippen molar-refractivity contribution in [2.45, 2.75) is 33.6 Å². The Labute approximate surface area is 63.6 Å². The van der Waals surface area contributed by atoms with Crippen LogP contribution in [0.1, 0.15) is 33.6 Å². The third-order valence-electron chi connectivity index (χ3n) is 1.92. The third kappa shape index (κ3) is 2.02. The van der Waals surface area contributed by atoms with Crippen LogP contribution in [0.5, 0.6) is 0 Å². The molecule has 0 fully saturated rings. The molecule has 0 radical (unpaired) electrons. The van der Waals surface area contributed by atoms with Crippen LogP contribution in [0.2, 0.25) is 0 Å². The molecule has 0 aromatic carbocycles. The quantitative estimate of drug-likeness (QED) is 0.485. The van der Waals surface area contributed by atoms with Crippen molar-refractivity contribution in [2.24, 2.45) is 5.92 Å². The summed E-state index contributed by atoms with van der Waals surface area (Å²) in [5.74, 6) is 0.741. The van der Waals surface area contributed by atoms with Crippen molar-refractivity contribution in [1.29, 1.82) is 0 Å². The predicted molar refractivity (Wildman–Crippen MR) is 45.9 cm³/mol. The highest BCUT2D eigenvalue weighted by atomic mass is 14.1. The van der Waals surface area contributed by atoms with E-state index in [4.69, 9.17) is 0 Å². The first-order chi connectivity index (χ1) is 4.68. The highest BCUT2D eigenvalue weighted by Crippen LogP contribution is 2.25. The summed E-state index contributed by atoms with van der Waals surface area (Å²) in [7, 11) is 0. The molecule has 0 heterocycles. The van der Waals surface area contributed by atoms with Crippen LogP contribution in [0.3, 0.4) is 0 Å². The van der Waals surface area contributed by atoms with E-state index in [9.17, 15) is 0 Å². The smallest absolute Gasteiger partial charge is 0.00454 e. The van der Waals surface area contributed by atoms with Gasteiger partial charge in [-0.15, -0.1) is 0 Å². The topological polar surface area (TPSA) is 0 Å². The van der Waals surface area contributed by atoms with E-state index >= 15 is 0 Å². The van der Waals surface area contributed by atoms with Gasteiger partial charge in [0.25, 0.3) is 0 Å². The molecule has 1 atom stereocenters. The molecule has 10 heavy (non-hydrogen) atoms. The zero-order valence-corrected chi connectivity index (χ0v) is 7.15. The van der Waals surface area contributed by atoms with Crippen LogP contribution in [0.25, 0.3) is 0 Å². The minimum Gasteiger partial charge on any atom is -0.0798 e. The van der Waals surface area contributed by atoms with E-state index in [1.54, 1.807) is 5.57 Å². The first-order valence-corrected chi connectivity index (χ1v) is 4.01. The summed E-state index contributed by atoms with van der Waals surface area (Å²) in [4.78, 5) is 0. The maximum absolute atomic E-state index is 2.38. The summed E-state index contributed by atoms with van der Waals surface area (Å²) in [6, 6.07) is 0. The fraction of sp³-hybridized carbons (Fsp3) is 0.600. The second kappa shape index (κ2) is 3.05. The van der Waals surface area contributed by atoms with Gasteiger partial charge in [-0.25, -0.2) is 0 Å². The van der Waals surface area contributed by atoms with Crippen LogP contribution in [0.4, 0.5) is 0 Å². The molecule has 0 aromatic heterocycles. The lowest BCUT2D eigenvalue weighted by atomic mass is 10.1. The van der Waals surface area contributed by atoms with Crippen LogP contribution < -0.4 is 0 Å². The van der Waals surface area contributed by atoms with Crippen LogP contribution in [-0.4, -0.2) is 0 Å². The Morgan fingerprint density at radius 3 is 2.70 bits per heavy atom. The molecule has 1 rings (SSSR count). The second-order valence-electron chi connectivity index (χ2n) is 3.46. The van der Waals surface area contributed by atoms with Crippen LogP contribution in [0.15, 0.2) is 23.3 Å². The lowest BCUT2D eigenvalue weighted by molar-refractivity contribution is 0.760. The highest BCUT2D eigenvalue weighted by Gasteiger charge is 2.09. The molecule has 0 N–H and O–H groups in total. The predicted octanol–water partition coefficient (Wildman–Crippen LogP) is 3.31. The van der Waals surface area contributed by atoms with Gasteiger partial charge >= 0.3 is 0 Å². The number of rotatable bonds is 1. The van der Waals surface area contributed by atoms with Gasteiger partial charge in [0.1, 0.15) is 0 Å². The molecule has 0 aromatic rings. The number of hydrogen-bond acceptors (Lipinski definition) is 0. The van der Waals surface area contributed by atoms with Crippen molar-refractivity contribution in [3.63, 3.8) is 0 Å². The average Bonchev–Trinajstić information content (AvgIpc) is 2.13. The highest BCUT2D eigenvalue weighted by molar-refractivity contribution is 5.15. The van der Waals surface area contributed by atoms with Gasteiger partial charge in [-0.3, -0.25) is 0 Å². The fourth-order valence-corrected chi connectivity index (χ4v) is 1.49. The van der Waals surface area contributed by atoms with Crippen LogP contribution in [-0.2, 0) is 0 Å². The maximum atomic E-state index is 2.38. The van der Waals surface area contributed by atoms with E-state index in [1.165, 1.54) is 18.4 Å². The van der Waals surface area contributed by atoms with E-state index in [1.807, 2.05) is 0 Å². The second-order valence-corrected chi connectivity index (χ2v) is 3.46. The minimum atomic E-state index is 0.741.